The van der Waals surface area contributed by atoms with Crippen molar-refractivity contribution >= 4 is 51.0 Å². The Morgan fingerprint density at radius 1 is 0.784 bits per heavy atom. The first kappa shape index (κ1) is 31.5. The summed E-state index contributed by atoms with van der Waals surface area (Å²) < 4.78 is 20.8. The van der Waals surface area contributed by atoms with Crippen molar-refractivity contribution in [3.05, 3.63) is 58.7 Å². The number of fused-ring (bicyclic) bond motifs is 3. The maximum absolute atomic E-state index is 7.84. The Morgan fingerprint density at radius 2 is 1.41 bits per heavy atom. The van der Waals surface area contributed by atoms with Crippen molar-refractivity contribution in [3.63, 3.8) is 0 Å². The molecule has 0 fully saturated rings. The van der Waals surface area contributed by atoms with E-state index in [1.807, 2.05) is 0 Å². The number of benzene rings is 1. The molecule has 206 valence electrons. The monoisotopic (exact) mass is 722 g/mol. The minimum absolute atomic E-state index is 0.335. The number of allylic oxidation sites excluding steroid dienone is 2. The average molecular weight is 720 g/mol. The van der Waals surface area contributed by atoms with Crippen molar-refractivity contribution in [2.24, 2.45) is 0 Å². The van der Waals surface area contributed by atoms with Crippen LogP contribution in [-0.4, -0.2) is 45.0 Å². The van der Waals surface area contributed by atoms with E-state index in [0.29, 0.717) is 0 Å². The van der Waals surface area contributed by atoms with E-state index in [2.05, 4.69) is 84.0 Å². The first-order valence-corrected chi connectivity index (χ1v) is 28.0. The molecule has 0 radical (unpaired) electrons. The molecule has 1 aromatic carbocycles. The fraction of sp³-hybridized carbons (Fsp3) is 0.636. The van der Waals surface area contributed by atoms with Gasteiger partial charge in [-0.25, -0.2) is 0 Å². The van der Waals surface area contributed by atoms with E-state index in [-0.39, 0.29) is 5.60 Å². The molecule has 37 heavy (non-hydrogen) atoms. The van der Waals surface area contributed by atoms with Crippen molar-refractivity contribution in [2.45, 2.75) is 129 Å². The fourth-order valence-corrected chi connectivity index (χ4v) is 45.8. The van der Waals surface area contributed by atoms with E-state index in [4.69, 9.17) is 4.49 Å². The predicted octanol–water partition coefficient (Wildman–Crippen LogP) is 10.4. The number of unbranched alkanes of at least 4 members (excludes halogenated alkanes) is 4. The summed E-state index contributed by atoms with van der Waals surface area (Å²) in [5, 5.41) is 0. The first-order valence-electron chi connectivity index (χ1n) is 15.6. The number of hydrogen-bond acceptors (Lipinski definition) is 2. The van der Waals surface area contributed by atoms with Gasteiger partial charge in [0.05, 0.1) is 0 Å². The van der Waals surface area contributed by atoms with Gasteiger partial charge in [0.1, 0.15) is 0 Å². The van der Waals surface area contributed by atoms with Crippen LogP contribution in [0.25, 0.3) is 11.6 Å². The zero-order valence-electron chi connectivity index (χ0n) is 24.8. The summed E-state index contributed by atoms with van der Waals surface area (Å²) in [6.07, 6.45) is 19.7. The molecule has 0 aliphatic heterocycles. The Hall–Kier alpha value is -0.0426. The summed E-state index contributed by atoms with van der Waals surface area (Å²) in [6.45, 7) is 14.0. The molecule has 3 rings (SSSR count). The van der Waals surface area contributed by atoms with Gasteiger partial charge in [-0.05, 0) is 0 Å². The molecule has 1 aromatic rings. The number of rotatable bonds is 18. The van der Waals surface area contributed by atoms with Crippen LogP contribution in [0.2, 0.25) is 17.7 Å². The fourth-order valence-electron chi connectivity index (χ4n) is 6.03. The molecule has 0 aromatic heterocycles. The third-order valence-corrected chi connectivity index (χ3v) is 39.6. The molecule has 0 saturated heterocycles. The van der Waals surface area contributed by atoms with Crippen LogP contribution in [-0.2, 0) is 4.49 Å². The van der Waals surface area contributed by atoms with Gasteiger partial charge in [-0.3, -0.25) is 0 Å². The van der Waals surface area contributed by atoms with E-state index >= 15 is 0 Å². The topological polar surface area (TPSA) is 18.5 Å². The van der Waals surface area contributed by atoms with Crippen LogP contribution in [0.3, 0.4) is 0 Å². The molecule has 2 nitrogen and oxygen atoms in total. The third-order valence-electron chi connectivity index (χ3n) is 8.31. The van der Waals surface area contributed by atoms with Crippen molar-refractivity contribution in [1.29, 1.82) is 0 Å². The van der Waals surface area contributed by atoms with Gasteiger partial charge in [0.25, 0.3) is 0 Å². The second kappa shape index (κ2) is 15.7. The maximum atomic E-state index is 7.84. The molecule has 2 aliphatic carbocycles. The van der Waals surface area contributed by atoms with Gasteiger partial charge in [0.15, 0.2) is 0 Å². The molecular weight excluding hydrogens is 666 g/mol. The van der Waals surface area contributed by atoms with Crippen LogP contribution in [0, 0.1) is 0 Å². The molecule has 4 heteroatoms. The molecule has 2 aliphatic rings. The average Bonchev–Trinajstić information content (AvgIpc) is 3.31. The summed E-state index contributed by atoms with van der Waals surface area (Å²) in [5.41, 5.74) is 6.62. The van der Waals surface area contributed by atoms with Gasteiger partial charge in [-0.15, -0.1) is 0 Å². The second-order valence-electron chi connectivity index (χ2n) is 11.3. The van der Waals surface area contributed by atoms with Gasteiger partial charge < -0.3 is 0 Å². The summed E-state index contributed by atoms with van der Waals surface area (Å²) in [5.74, 6) is 0. The SMILES string of the molecule is CCC[CH2][SnH]([CH2]CCC)[O][Sn]([CH2]CCC)([CH2]CCC)[O]C1(CC)C=C(CC)C=C2C1=Cc1ccccc12. The minimum atomic E-state index is -3.40. The predicted molar refractivity (Wildman–Crippen MR) is 168 cm³/mol. The zero-order chi connectivity index (χ0) is 26.7. The Balaban J connectivity index is 2.06. The third kappa shape index (κ3) is 8.01. The van der Waals surface area contributed by atoms with Crippen molar-refractivity contribution < 1.29 is 4.49 Å². The van der Waals surface area contributed by atoms with E-state index in [1.165, 1.54) is 97.0 Å². The molecule has 0 amide bonds. The summed E-state index contributed by atoms with van der Waals surface area (Å²) >= 11 is -5.54. The molecule has 0 saturated carbocycles. The van der Waals surface area contributed by atoms with Gasteiger partial charge in [-0.2, -0.15) is 0 Å². The molecular formula is C33H54O2Sn2. The van der Waals surface area contributed by atoms with E-state index in [1.54, 1.807) is 0 Å². The zero-order valence-corrected chi connectivity index (χ0v) is 31.0. The van der Waals surface area contributed by atoms with E-state index < -0.39 is 39.4 Å². The second-order valence-corrected chi connectivity index (χ2v) is 31.9. The van der Waals surface area contributed by atoms with Crippen molar-refractivity contribution in [1.82, 2.24) is 0 Å². The Kier molecular flexibility index (Phi) is 13.3. The van der Waals surface area contributed by atoms with Crippen LogP contribution in [0.4, 0.5) is 0 Å². The van der Waals surface area contributed by atoms with E-state index in [9.17, 15) is 0 Å². The first-order chi connectivity index (χ1) is 18.0. The molecule has 0 N–H and O–H groups in total. The van der Waals surface area contributed by atoms with Crippen molar-refractivity contribution in [3.8, 4) is 0 Å². The van der Waals surface area contributed by atoms with Crippen LogP contribution in [0.1, 0.15) is 117 Å². The van der Waals surface area contributed by atoms with Crippen LogP contribution >= 0.6 is 0 Å². The Labute approximate surface area is 241 Å². The van der Waals surface area contributed by atoms with Gasteiger partial charge >= 0.3 is 243 Å². The van der Waals surface area contributed by atoms with E-state index in [0.717, 1.165) is 12.8 Å². The summed E-state index contributed by atoms with van der Waals surface area (Å²) in [6, 6.07) is 8.93. The molecule has 0 bridgehead atoms. The van der Waals surface area contributed by atoms with Gasteiger partial charge in [-0.1, -0.05) is 0 Å². The van der Waals surface area contributed by atoms with Crippen LogP contribution in [0.15, 0.2) is 47.6 Å². The standard InChI is InChI=1S/C17H17O.4C4H9.O.2Sn.H/c1-3-12-9-15-14-8-6-5-7-13(14)10-16(15)17(18,4-2)11-12;4*1-3-4-2;;;;/h5-11H,3-4H2,1-2H3;4*1,3-4H2,2H3;;;;/q-1;;;;;;;+1;. The Bertz CT molecular complexity index is 931. The molecule has 0 spiro atoms. The normalized spacial score (nSPS) is 18.9. The Morgan fingerprint density at radius 3 is 1.97 bits per heavy atom. The molecule has 1 atom stereocenters. The number of hydrogen-bond donors (Lipinski definition) is 0. The van der Waals surface area contributed by atoms with Crippen LogP contribution < -0.4 is 0 Å². The van der Waals surface area contributed by atoms with Crippen LogP contribution in [0.5, 0.6) is 0 Å². The summed E-state index contributed by atoms with van der Waals surface area (Å²) in [4.78, 5) is 0. The summed E-state index contributed by atoms with van der Waals surface area (Å²) in [7, 11) is 0. The molecule has 1 unspecified atom stereocenters. The molecule has 0 heterocycles. The van der Waals surface area contributed by atoms with Gasteiger partial charge in [0.2, 0.25) is 0 Å². The quantitative estimate of drug-likeness (QED) is 0.141. The van der Waals surface area contributed by atoms with Crippen molar-refractivity contribution in [2.75, 3.05) is 0 Å². The van der Waals surface area contributed by atoms with Gasteiger partial charge in [0, 0.05) is 0 Å².